The van der Waals surface area contributed by atoms with Crippen molar-refractivity contribution in [3.8, 4) is 11.1 Å². The largest absolute Gasteiger partial charge is 0.256 e. The Morgan fingerprint density at radius 2 is 1.78 bits per heavy atom. The molecule has 1 aromatic heterocycles. The number of pyridine rings is 1. The van der Waals surface area contributed by atoms with Gasteiger partial charge >= 0.3 is 0 Å². The molecule has 0 bridgehead atoms. The van der Waals surface area contributed by atoms with Crippen LogP contribution in [0.4, 0.5) is 0 Å². The van der Waals surface area contributed by atoms with Gasteiger partial charge in [-0.1, -0.05) is 48.5 Å². The number of aromatic nitrogens is 1. The zero-order valence-corrected chi connectivity index (χ0v) is 13.8. The topological polar surface area (TPSA) is 12.9 Å². The quantitative estimate of drug-likeness (QED) is 0.450. The molecule has 0 aliphatic heterocycles. The van der Waals surface area contributed by atoms with Crippen molar-refractivity contribution in [1.29, 1.82) is 0 Å². The molecule has 112 valence electrons. The van der Waals surface area contributed by atoms with Crippen LogP contribution in [0.2, 0.25) is 0 Å². The van der Waals surface area contributed by atoms with Crippen molar-refractivity contribution in [3.05, 3.63) is 83.2 Å². The maximum atomic E-state index is 4.70. The van der Waals surface area contributed by atoms with Gasteiger partial charge in [-0.2, -0.15) is 0 Å². The van der Waals surface area contributed by atoms with Crippen LogP contribution in [0.1, 0.15) is 22.4 Å². The van der Waals surface area contributed by atoms with Gasteiger partial charge in [-0.05, 0) is 46.7 Å². The number of rotatable bonds is 2. The molecule has 0 amide bonds. The molecule has 3 aromatic rings. The third-order valence-electron chi connectivity index (χ3n) is 4.29. The van der Waals surface area contributed by atoms with E-state index in [1.54, 1.807) is 0 Å². The average Bonchev–Trinajstić information content (AvgIpc) is 2.80. The monoisotopic (exact) mass is 315 g/mol. The zero-order chi connectivity index (χ0) is 15.6. The van der Waals surface area contributed by atoms with E-state index < -0.39 is 0 Å². The Hall–Kier alpha value is -2.32. The second-order valence-electron chi connectivity index (χ2n) is 5.67. The van der Waals surface area contributed by atoms with Crippen LogP contribution < -0.4 is 0 Å². The van der Waals surface area contributed by atoms with E-state index >= 15 is 0 Å². The molecule has 1 heterocycles. The normalized spacial score (nSPS) is 12.4. The molecule has 1 nitrogen and oxygen atoms in total. The van der Waals surface area contributed by atoms with E-state index in [1.165, 1.54) is 32.7 Å². The second-order valence-corrected chi connectivity index (χ2v) is 6.52. The maximum absolute atomic E-state index is 4.70. The fourth-order valence-corrected chi connectivity index (χ4v) is 3.73. The van der Waals surface area contributed by atoms with E-state index in [4.69, 9.17) is 4.98 Å². The third-order valence-corrected chi connectivity index (χ3v) is 5.11. The second kappa shape index (κ2) is 6.05. The first-order valence-corrected chi connectivity index (χ1v) is 8.96. The Kier molecular flexibility index (Phi) is 3.76. The number of nitrogens with zero attached hydrogens (tertiary/aromatic N) is 1. The van der Waals surface area contributed by atoms with Crippen molar-refractivity contribution in [2.24, 2.45) is 0 Å². The summed E-state index contributed by atoms with van der Waals surface area (Å²) < 4.78 is 0. The molecule has 0 N–H and O–H groups in total. The molecule has 0 atom stereocenters. The summed E-state index contributed by atoms with van der Waals surface area (Å²) in [6.07, 6.45) is 9.38. The summed E-state index contributed by atoms with van der Waals surface area (Å²) in [6, 6.07) is 19.3. The summed E-state index contributed by atoms with van der Waals surface area (Å²) in [5, 5.41) is 0. The molecule has 4 rings (SSSR count). The molecule has 23 heavy (non-hydrogen) atoms. The molecule has 2 aromatic carbocycles. The lowest BCUT2D eigenvalue weighted by atomic mass is 9.99. The number of hydrogen-bond acceptors (Lipinski definition) is 2. The molecule has 0 fully saturated rings. The summed E-state index contributed by atoms with van der Waals surface area (Å²) in [6.45, 7) is 0. The van der Waals surface area contributed by atoms with E-state index in [2.05, 4.69) is 66.9 Å². The molecule has 0 unspecified atom stereocenters. The number of hydrogen-bond donors (Lipinski definition) is 0. The summed E-state index contributed by atoms with van der Waals surface area (Å²) in [5.41, 5.74) is 7.48. The van der Waals surface area contributed by atoms with Crippen molar-refractivity contribution in [3.63, 3.8) is 0 Å². The van der Waals surface area contributed by atoms with Crippen LogP contribution in [0, 0.1) is 0 Å². The van der Waals surface area contributed by atoms with Gasteiger partial charge in [0.25, 0.3) is 0 Å². The smallest absolute Gasteiger partial charge is 0.0665 e. The van der Waals surface area contributed by atoms with Crippen LogP contribution in [0.25, 0.3) is 23.3 Å². The van der Waals surface area contributed by atoms with Crippen molar-refractivity contribution in [2.45, 2.75) is 11.3 Å². The van der Waals surface area contributed by atoms with E-state index in [1.807, 2.05) is 24.0 Å². The SMILES string of the molecule is CSc1cccc2c1Cc1cc(-c3ccccc3)cnc1C=C2. The third kappa shape index (κ3) is 2.71. The molecule has 0 saturated carbocycles. The fourth-order valence-electron chi connectivity index (χ4n) is 3.08. The molecular formula is C21H17NS. The van der Waals surface area contributed by atoms with Crippen LogP contribution in [-0.4, -0.2) is 11.2 Å². The van der Waals surface area contributed by atoms with E-state index in [-0.39, 0.29) is 0 Å². The zero-order valence-electron chi connectivity index (χ0n) is 13.0. The molecule has 1 aliphatic rings. The number of fused-ring (bicyclic) bond motifs is 2. The van der Waals surface area contributed by atoms with Gasteiger partial charge in [-0.25, -0.2) is 0 Å². The van der Waals surface area contributed by atoms with E-state index in [9.17, 15) is 0 Å². The lowest BCUT2D eigenvalue weighted by molar-refractivity contribution is 1.09. The van der Waals surface area contributed by atoms with Gasteiger partial charge in [0.05, 0.1) is 5.69 Å². The first-order chi connectivity index (χ1) is 11.3. The summed E-state index contributed by atoms with van der Waals surface area (Å²) in [4.78, 5) is 6.05. The van der Waals surface area contributed by atoms with E-state index in [0.29, 0.717) is 0 Å². The van der Waals surface area contributed by atoms with Crippen LogP contribution >= 0.6 is 11.8 Å². The van der Waals surface area contributed by atoms with Crippen molar-refractivity contribution in [2.75, 3.05) is 6.26 Å². The van der Waals surface area contributed by atoms with Gasteiger partial charge in [0.15, 0.2) is 0 Å². The number of thioether (sulfide) groups is 1. The Morgan fingerprint density at radius 3 is 2.61 bits per heavy atom. The van der Waals surface area contributed by atoms with Gasteiger partial charge in [-0.3, -0.25) is 4.98 Å². The Balaban J connectivity index is 1.82. The minimum Gasteiger partial charge on any atom is -0.256 e. The van der Waals surface area contributed by atoms with Crippen LogP contribution in [0.5, 0.6) is 0 Å². The predicted octanol–water partition coefficient (Wildman–Crippen LogP) is 5.55. The molecule has 0 spiro atoms. The highest BCUT2D eigenvalue weighted by molar-refractivity contribution is 7.98. The van der Waals surface area contributed by atoms with Crippen LogP contribution in [0.15, 0.2) is 65.7 Å². The Morgan fingerprint density at radius 1 is 0.913 bits per heavy atom. The van der Waals surface area contributed by atoms with Gasteiger partial charge < -0.3 is 0 Å². The minimum absolute atomic E-state index is 0.933. The van der Waals surface area contributed by atoms with Crippen molar-refractivity contribution < 1.29 is 0 Å². The highest BCUT2D eigenvalue weighted by Gasteiger charge is 2.14. The first-order valence-electron chi connectivity index (χ1n) is 7.73. The lowest BCUT2D eigenvalue weighted by Gasteiger charge is -2.11. The predicted molar refractivity (Wildman–Crippen MR) is 99.6 cm³/mol. The highest BCUT2D eigenvalue weighted by atomic mass is 32.2. The van der Waals surface area contributed by atoms with Crippen molar-refractivity contribution >= 4 is 23.9 Å². The molecule has 2 heteroatoms. The first kappa shape index (κ1) is 14.3. The molecule has 0 saturated heterocycles. The molecule has 0 radical (unpaired) electrons. The summed E-state index contributed by atoms with van der Waals surface area (Å²) in [5.74, 6) is 0. The van der Waals surface area contributed by atoms with Crippen molar-refractivity contribution in [1.82, 2.24) is 4.98 Å². The van der Waals surface area contributed by atoms with E-state index in [0.717, 1.165) is 12.1 Å². The molecule has 1 aliphatic carbocycles. The standard InChI is InChI=1S/C21H17NS/c1-23-21-9-5-8-16-10-11-20-17(13-19(16)21)12-18(14-22-20)15-6-3-2-4-7-15/h2-12,14H,13H2,1H3. The average molecular weight is 315 g/mol. The summed E-state index contributed by atoms with van der Waals surface area (Å²) in [7, 11) is 0. The molecular weight excluding hydrogens is 298 g/mol. The van der Waals surface area contributed by atoms with Gasteiger partial charge in [-0.15, -0.1) is 11.8 Å². The van der Waals surface area contributed by atoms with Crippen LogP contribution in [-0.2, 0) is 6.42 Å². The van der Waals surface area contributed by atoms with Gasteiger partial charge in [0.2, 0.25) is 0 Å². The maximum Gasteiger partial charge on any atom is 0.0665 e. The van der Waals surface area contributed by atoms with Crippen LogP contribution in [0.3, 0.4) is 0 Å². The lowest BCUT2D eigenvalue weighted by Crippen LogP contribution is -1.97. The number of benzene rings is 2. The highest BCUT2D eigenvalue weighted by Crippen LogP contribution is 2.32. The van der Waals surface area contributed by atoms with Gasteiger partial charge in [0, 0.05) is 23.1 Å². The summed E-state index contributed by atoms with van der Waals surface area (Å²) >= 11 is 1.81. The Labute approximate surface area is 141 Å². The Bertz CT molecular complexity index is 882. The fraction of sp³-hybridized carbons (Fsp3) is 0.0952. The minimum atomic E-state index is 0.933. The van der Waals surface area contributed by atoms with Gasteiger partial charge in [0.1, 0.15) is 0 Å².